The monoisotopic (exact) mass is 454 g/mol. The zero-order chi connectivity index (χ0) is 23.8. The molecule has 33 heavy (non-hydrogen) atoms. The smallest absolute Gasteiger partial charge is 0.407 e. The fourth-order valence-electron chi connectivity index (χ4n) is 4.15. The molecule has 0 aromatic heterocycles. The summed E-state index contributed by atoms with van der Waals surface area (Å²) in [5.74, 6) is -1.25. The highest BCUT2D eigenvalue weighted by molar-refractivity contribution is 5.82. The van der Waals surface area contributed by atoms with Crippen LogP contribution in [0.4, 0.5) is 4.79 Å². The normalized spacial score (nSPS) is 13.0. The molecule has 0 fully saturated rings. The van der Waals surface area contributed by atoms with Crippen molar-refractivity contribution in [1.29, 1.82) is 0 Å². The standard InChI is InChI=1S/C25H30N2O6/c1-3-27(14-8-13-23(28)29)24(30)22(32-2)15-26-25(31)33-16-21-19-11-6-4-9-17(19)18-10-5-7-12-20(18)21/h4-7,9-12,21-22H,3,8,13-16H2,1-2H3,(H,26,31)(H,28,29). The quantitative estimate of drug-likeness (QED) is 0.540. The van der Waals surface area contributed by atoms with Crippen LogP contribution in [0.25, 0.3) is 11.1 Å². The van der Waals surface area contributed by atoms with E-state index < -0.39 is 18.2 Å². The highest BCUT2D eigenvalue weighted by Gasteiger charge is 2.29. The van der Waals surface area contributed by atoms with Gasteiger partial charge in [-0.15, -0.1) is 0 Å². The first-order chi connectivity index (χ1) is 16.0. The van der Waals surface area contributed by atoms with Crippen molar-refractivity contribution in [3.05, 3.63) is 59.7 Å². The molecule has 176 valence electrons. The molecule has 8 nitrogen and oxygen atoms in total. The largest absolute Gasteiger partial charge is 0.481 e. The Kier molecular flexibility index (Phi) is 8.43. The lowest BCUT2D eigenvalue weighted by atomic mass is 9.98. The maximum Gasteiger partial charge on any atom is 0.407 e. The Labute approximate surface area is 193 Å². The number of nitrogens with one attached hydrogen (secondary N) is 1. The maximum absolute atomic E-state index is 12.7. The van der Waals surface area contributed by atoms with Gasteiger partial charge in [-0.25, -0.2) is 4.79 Å². The summed E-state index contributed by atoms with van der Waals surface area (Å²) in [7, 11) is 1.40. The Hall–Kier alpha value is -3.39. The van der Waals surface area contributed by atoms with Gasteiger partial charge < -0.3 is 24.8 Å². The highest BCUT2D eigenvalue weighted by Crippen LogP contribution is 2.44. The minimum absolute atomic E-state index is 0.0145. The lowest BCUT2D eigenvalue weighted by Crippen LogP contribution is -2.46. The Morgan fingerprint density at radius 1 is 1.06 bits per heavy atom. The number of rotatable bonds is 11. The number of hydrogen-bond donors (Lipinski definition) is 2. The fourth-order valence-corrected chi connectivity index (χ4v) is 4.15. The van der Waals surface area contributed by atoms with Crippen LogP contribution >= 0.6 is 0 Å². The van der Waals surface area contributed by atoms with Gasteiger partial charge in [0.15, 0.2) is 6.10 Å². The van der Waals surface area contributed by atoms with Crippen LogP contribution in [0.15, 0.2) is 48.5 Å². The summed E-state index contributed by atoms with van der Waals surface area (Å²) in [6.45, 7) is 2.68. The molecule has 2 aromatic rings. The summed E-state index contributed by atoms with van der Waals surface area (Å²) < 4.78 is 10.8. The topological polar surface area (TPSA) is 105 Å². The lowest BCUT2D eigenvalue weighted by Gasteiger charge is -2.25. The first-order valence-corrected chi connectivity index (χ1v) is 11.1. The van der Waals surface area contributed by atoms with Crippen molar-refractivity contribution in [1.82, 2.24) is 10.2 Å². The van der Waals surface area contributed by atoms with Crippen molar-refractivity contribution in [3.63, 3.8) is 0 Å². The number of amides is 2. The molecule has 2 amide bonds. The highest BCUT2D eigenvalue weighted by atomic mass is 16.5. The van der Waals surface area contributed by atoms with Crippen molar-refractivity contribution < 1.29 is 29.0 Å². The lowest BCUT2D eigenvalue weighted by molar-refractivity contribution is -0.142. The molecular formula is C25H30N2O6. The number of carboxylic acids is 1. The third-order valence-corrected chi connectivity index (χ3v) is 5.85. The van der Waals surface area contributed by atoms with E-state index in [2.05, 4.69) is 17.4 Å². The Balaban J connectivity index is 1.53. The number of likely N-dealkylation sites (N-methyl/N-ethyl adjacent to an activating group) is 1. The molecule has 0 saturated carbocycles. The first-order valence-electron chi connectivity index (χ1n) is 11.1. The number of ether oxygens (including phenoxy) is 2. The average molecular weight is 455 g/mol. The van der Waals surface area contributed by atoms with Gasteiger partial charge in [0, 0.05) is 32.5 Å². The molecule has 0 radical (unpaired) electrons. The van der Waals surface area contributed by atoms with E-state index in [0.29, 0.717) is 19.5 Å². The number of alkyl carbamates (subject to hydrolysis) is 1. The van der Waals surface area contributed by atoms with E-state index in [9.17, 15) is 14.4 Å². The maximum atomic E-state index is 12.7. The second kappa shape index (κ2) is 11.5. The van der Waals surface area contributed by atoms with E-state index in [1.165, 1.54) is 12.0 Å². The molecule has 3 rings (SSSR count). The molecule has 1 atom stereocenters. The molecule has 1 aliphatic rings. The van der Waals surface area contributed by atoms with Crippen molar-refractivity contribution in [3.8, 4) is 11.1 Å². The van der Waals surface area contributed by atoms with E-state index in [4.69, 9.17) is 14.6 Å². The van der Waals surface area contributed by atoms with Gasteiger partial charge >= 0.3 is 12.1 Å². The summed E-state index contributed by atoms with van der Waals surface area (Å²) >= 11 is 0. The number of nitrogens with zero attached hydrogens (tertiary/aromatic N) is 1. The number of fused-ring (bicyclic) bond motifs is 3. The minimum Gasteiger partial charge on any atom is -0.481 e. The zero-order valence-electron chi connectivity index (χ0n) is 19.0. The van der Waals surface area contributed by atoms with E-state index in [1.54, 1.807) is 0 Å². The number of carbonyl (C=O) groups excluding carboxylic acids is 2. The van der Waals surface area contributed by atoms with Crippen molar-refractivity contribution >= 4 is 18.0 Å². The molecule has 0 heterocycles. The van der Waals surface area contributed by atoms with Crippen LogP contribution in [0, 0.1) is 0 Å². The summed E-state index contributed by atoms with van der Waals surface area (Å²) in [6.07, 6.45) is -1.17. The van der Waals surface area contributed by atoms with Gasteiger partial charge in [-0.05, 0) is 35.6 Å². The van der Waals surface area contributed by atoms with Gasteiger partial charge in [0.2, 0.25) is 0 Å². The van der Waals surface area contributed by atoms with Crippen LogP contribution in [0.1, 0.15) is 36.8 Å². The molecule has 8 heteroatoms. The number of benzene rings is 2. The van der Waals surface area contributed by atoms with Gasteiger partial charge in [-0.2, -0.15) is 0 Å². The molecule has 1 unspecified atom stereocenters. The molecule has 1 aliphatic carbocycles. The third kappa shape index (κ3) is 5.90. The van der Waals surface area contributed by atoms with Gasteiger partial charge in [-0.1, -0.05) is 48.5 Å². The van der Waals surface area contributed by atoms with Crippen molar-refractivity contribution in [2.45, 2.75) is 31.8 Å². The molecule has 0 aliphatic heterocycles. The van der Waals surface area contributed by atoms with Crippen LogP contribution in [0.2, 0.25) is 0 Å². The molecular weight excluding hydrogens is 424 g/mol. The predicted octanol–water partition coefficient (Wildman–Crippen LogP) is 3.25. The number of carbonyl (C=O) groups is 3. The summed E-state index contributed by atoms with van der Waals surface area (Å²) in [5.41, 5.74) is 4.54. The summed E-state index contributed by atoms with van der Waals surface area (Å²) in [5, 5.41) is 11.4. The van der Waals surface area contributed by atoms with Crippen LogP contribution in [-0.4, -0.2) is 67.4 Å². The van der Waals surface area contributed by atoms with Gasteiger partial charge in [-0.3, -0.25) is 9.59 Å². The van der Waals surface area contributed by atoms with Crippen molar-refractivity contribution in [2.75, 3.05) is 33.4 Å². The van der Waals surface area contributed by atoms with Gasteiger partial charge in [0.1, 0.15) is 6.61 Å². The molecule has 2 aromatic carbocycles. The first kappa shape index (κ1) is 24.3. The Morgan fingerprint density at radius 2 is 1.67 bits per heavy atom. The third-order valence-electron chi connectivity index (χ3n) is 5.85. The number of aliphatic carboxylic acids is 1. The zero-order valence-corrected chi connectivity index (χ0v) is 19.0. The van der Waals surface area contributed by atoms with Crippen LogP contribution in [0.3, 0.4) is 0 Å². The molecule has 2 N–H and O–H groups in total. The molecule has 0 saturated heterocycles. The van der Waals surface area contributed by atoms with E-state index in [0.717, 1.165) is 22.3 Å². The van der Waals surface area contributed by atoms with Crippen LogP contribution in [-0.2, 0) is 19.1 Å². The van der Waals surface area contributed by atoms with E-state index in [-0.39, 0.29) is 31.4 Å². The predicted molar refractivity (Wildman–Crippen MR) is 123 cm³/mol. The number of hydrogen-bond acceptors (Lipinski definition) is 5. The fraction of sp³-hybridized carbons (Fsp3) is 0.400. The van der Waals surface area contributed by atoms with Crippen LogP contribution in [0.5, 0.6) is 0 Å². The molecule has 0 spiro atoms. The van der Waals surface area contributed by atoms with Crippen LogP contribution < -0.4 is 5.32 Å². The molecule has 0 bridgehead atoms. The van der Waals surface area contributed by atoms with Gasteiger partial charge in [0.05, 0.1) is 6.54 Å². The second-order valence-corrected chi connectivity index (χ2v) is 7.85. The van der Waals surface area contributed by atoms with Gasteiger partial charge in [0.25, 0.3) is 5.91 Å². The van der Waals surface area contributed by atoms with E-state index in [1.807, 2.05) is 43.3 Å². The van der Waals surface area contributed by atoms with Crippen molar-refractivity contribution in [2.24, 2.45) is 0 Å². The summed E-state index contributed by atoms with van der Waals surface area (Å²) in [6, 6.07) is 16.2. The average Bonchev–Trinajstić information content (AvgIpc) is 3.14. The number of methoxy groups -OCH3 is 1. The summed E-state index contributed by atoms with van der Waals surface area (Å²) in [4.78, 5) is 37.3. The van der Waals surface area contributed by atoms with E-state index >= 15 is 0 Å². The Morgan fingerprint density at radius 3 is 2.21 bits per heavy atom. The SMILES string of the molecule is CCN(CCCC(=O)O)C(=O)C(CNC(=O)OCC1c2ccccc2-c2ccccc21)OC. The second-order valence-electron chi connectivity index (χ2n) is 7.85. The number of carboxylic acid groups (broad SMARTS) is 1. The Bertz CT molecular complexity index is 947. The minimum atomic E-state index is -0.904.